The molecule has 0 saturated heterocycles. The van der Waals surface area contributed by atoms with Crippen LogP contribution in [0.3, 0.4) is 0 Å². The van der Waals surface area contributed by atoms with E-state index >= 15 is 0 Å². The molecular weight excluding hydrogens is 348 g/mol. The summed E-state index contributed by atoms with van der Waals surface area (Å²) in [7, 11) is 0. The van der Waals surface area contributed by atoms with E-state index in [9.17, 15) is 15.3 Å². The summed E-state index contributed by atoms with van der Waals surface area (Å²) >= 11 is 0. The number of phenolic OH excluding ortho intramolecular Hbond substituents is 3. The van der Waals surface area contributed by atoms with Gasteiger partial charge in [0.05, 0.1) is 0 Å². The van der Waals surface area contributed by atoms with Crippen molar-refractivity contribution in [3.8, 4) is 17.2 Å². The summed E-state index contributed by atoms with van der Waals surface area (Å²) in [5.74, 6) is 0.648. The first-order valence-corrected chi connectivity index (χ1v) is 9.52. The quantitative estimate of drug-likeness (QED) is 0.504. The number of phenols is 3. The van der Waals surface area contributed by atoms with Crippen LogP contribution in [0.1, 0.15) is 56.0 Å². The van der Waals surface area contributed by atoms with Crippen molar-refractivity contribution in [1.82, 2.24) is 0 Å². The molecule has 3 heteroatoms. The van der Waals surface area contributed by atoms with E-state index in [4.69, 9.17) is 0 Å². The van der Waals surface area contributed by atoms with E-state index in [0.29, 0.717) is 11.5 Å². The van der Waals surface area contributed by atoms with E-state index < -0.39 is 0 Å². The van der Waals surface area contributed by atoms with Crippen molar-refractivity contribution in [3.05, 3.63) is 86.5 Å². The molecule has 3 nitrogen and oxygen atoms in total. The summed E-state index contributed by atoms with van der Waals surface area (Å²) in [5, 5.41) is 31.4. The number of hydrogen-bond donors (Lipinski definition) is 3. The molecule has 0 unspecified atom stereocenters. The number of benzene rings is 3. The SMILES string of the molecule is Cc1cc(C(c2ccccc2O)c2cc(C)c(O)c(C)c2C)c(C)c(C)c1O. The highest BCUT2D eigenvalue weighted by molar-refractivity contribution is 5.60. The fourth-order valence-electron chi connectivity index (χ4n) is 4.03. The number of aryl methyl sites for hydroxylation is 2. The molecule has 3 rings (SSSR count). The van der Waals surface area contributed by atoms with Gasteiger partial charge in [-0.05, 0) is 92.1 Å². The molecule has 3 aromatic carbocycles. The number of para-hydroxylation sites is 1. The summed E-state index contributed by atoms with van der Waals surface area (Å²) < 4.78 is 0. The van der Waals surface area contributed by atoms with Gasteiger partial charge in [0.25, 0.3) is 0 Å². The average Bonchev–Trinajstić information content (AvgIpc) is 2.67. The van der Waals surface area contributed by atoms with E-state index in [2.05, 4.69) is 0 Å². The molecule has 0 atom stereocenters. The monoisotopic (exact) mass is 376 g/mol. The molecule has 0 aliphatic carbocycles. The Morgan fingerprint density at radius 3 is 1.43 bits per heavy atom. The van der Waals surface area contributed by atoms with Crippen LogP contribution >= 0.6 is 0 Å². The molecule has 3 aromatic rings. The predicted molar refractivity (Wildman–Crippen MR) is 114 cm³/mol. The number of hydrogen-bond acceptors (Lipinski definition) is 3. The zero-order valence-corrected chi connectivity index (χ0v) is 17.4. The molecular formula is C25H28O3. The first-order valence-electron chi connectivity index (χ1n) is 9.52. The minimum Gasteiger partial charge on any atom is -0.508 e. The lowest BCUT2D eigenvalue weighted by atomic mass is 9.78. The van der Waals surface area contributed by atoms with Crippen LogP contribution in [0, 0.1) is 41.5 Å². The molecule has 28 heavy (non-hydrogen) atoms. The van der Waals surface area contributed by atoms with Crippen LogP contribution in [0.4, 0.5) is 0 Å². The summed E-state index contributed by atoms with van der Waals surface area (Å²) in [6, 6.07) is 11.4. The summed E-state index contributed by atoms with van der Waals surface area (Å²) in [6.07, 6.45) is 0. The van der Waals surface area contributed by atoms with E-state index in [0.717, 1.165) is 50.1 Å². The molecule has 0 aliphatic rings. The second-order valence-corrected chi connectivity index (χ2v) is 7.75. The second kappa shape index (κ2) is 7.23. The highest BCUT2D eigenvalue weighted by atomic mass is 16.3. The van der Waals surface area contributed by atoms with Gasteiger partial charge in [-0.15, -0.1) is 0 Å². The Hall–Kier alpha value is -2.94. The van der Waals surface area contributed by atoms with Gasteiger partial charge < -0.3 is 15.3 Å². The van der Waals surface area contributed by atoms with Crippen molar-refractivity contribution in [3.63, 3.8) is 0 Å². The Morgan fingerprint density at radius 2 is 1.00 bits per heavy atom. The molecule has 0 amide bonds. The third-order valence-corrected chi connectivity index (χ3v) is 6.06. The maximum absolute atomic E-state index is 10.7. The van der Waals surface area contributed by atoms with Crippen LogP contribution in [0.15, 0.2) is 36.4 Å². The first-order chi connectivity index (χ1) is 13.1. The van der Waals surface area contributed by atoms with E-state index in [1.807, 2.05) is 71.9 Å². The van der Waals surface area contributed by atoms with Crippen molar-refractivity contribution >= 4 is 0 Å². The molecule has 0 aliphatic heterocycles. The van der Waals surface area contributed by atoms with E-state index in [1.165, 1.54) is 0 Å². The van der Waals surface area contributed by atoms with Crippen LogP contribution in [-0.4, -0.2) is 15.3 Å². The minimum absolute atomic E-state index is 0.211. The lowest BCUT2D eigenvalue weighted by Crippen LogP contribution is -2.10. The molecule has 0 fully saturated rings. The van der Waals surface area contributed by atoms with Gasteiger partial charge in [-0.1, -0.05) is 30.3 Å². The Labute approximate surface area is 166 Å². The van der Waals surface area contributed by atoms with Gasteiger partial charge in [0.15, 0.2) is 0 Å². The molecule has 3 N–H and O–H groups in total. The first kappa shape index (κ1) is 19.8. The maximum Gasteiger partial charge on any atom is 0.121 e. The Kier molecular flexibility index (Phi) is 5.12. The van der Waals surface area contributed by atoms with Gasteiger partial charge in [0.1, 0.15) is 17.2 Å². The third-order valence-electron chi connectivity index (χ3n) is 6.06. The Morgan fingerprint density at radius 1 is 0.571 bits per heavy atom. The highest BCUT2D eigenvalue weighted by Crippen LogP contribution is 2.44. The summed E-state index contributed by atoms with van der Waals surface area (Å²) in [6.45, 7) is 11.6. The van der Waals surface area contributed by atoms with Crippen molar-refractivity contribution in [1.29, 1.82) is 0 Å². The lowest BCUT2D eigenvalue weighted by molar-refractivity contribution is 0.463. The van der Waals surface area contributed by atoms with Gasteiger partial charge >= 0.3 is 0 Å². The molecule has 0 spiro atoms. The molecule has 0 radical (unpaired) electrons. The Balaban J connectivity index is 2.42. The minimum atomic E-state index is -0.211. The van der Waals surface area contributed by atoms with Gasteiger partial charge in [-0.3, -0.25) is 0 Å². The van der Waals surface area contributed by atoms with E-state index in [1.54, 1.807) is 6.07 Å². The highest BCUT2D eigenvalue weighted by Gasteiger charge is 2.26. The van der Waals surface area contributed by atoms with E-state index in [-0.39, 0.29) is 11.7 Å². The summed E-state index contributed by atoms with van der Waals surface area (Å²) in [5.41, 5.74) is 8.21. The van der Waals surface area contributed by atoms with Crippen LogP contribution in [0.25, 0.3) is 0 Å². The molecule has 146 valence electrons. The number of aromatic hydroxyl groups is 3. The molecule has 0 heterocycles. The normalized spacial score (nSPS) is 11.2. The smallest absolute Gasteiger partial charge is 0.121 e. The fraction of sp³-hybridized carbons (Fsp3) is 0.280. The van der Waals surface area contributed by atoms with Gasteiger partial charge in [-0.25, -0.2) is 0 Å². The summed E-state index contributed by atoms with van der Waals surface area (Å²) in [4.78, 5) is 0. The number of rotatable bonds is 3. The van der Waals surface area contributed by atoms with Crippen molar-refractivity contribution < 1.29 is 15.3 Å². The van der Waals surface area contributed by atoms with Crippen LogP contribution < -0.4 is 0 Å². The zero-order chi connectivity index (χ0) is 20.7. The fourth-order valence-corrected chi connectivity index (χ4v) is 4.03. The maximum atomic E-state index is 10.7. The topological polar surface area (TPSA) is 60.7 Å². The molecule has 0 bridgehead atoms. The van der Waals surface area contributed by atoms with Crippen molar-refractivity contribution in [2.45, 2.75) is 47.5 Å². The average molecular weight is 376 g/mol. The zero-order valence-electron chi connectivity index (χ0n) is 17.4. The van der Waals surface area contributed by atoms with Gasteiger partial charge in [0, 0.05) is 11.5 Å². The molecule has 0 saturated carbocycles. The van der Waals surface area contributed by atoms with Gasteiger partial charge in [0.2, 0.25) is 0 Å². The van der Waals surface area contributed by atoms with Crippen LogP contribution in [-0.2, 0) is 0 Å². The third kappa shape index (κ3) is 3.11. The largest absolute Gasteiger partial charge is 0.508 e. The van der Waals surface area contributed by atoms with Crippen molar-refractivity contribution in [2.75, 3.05) is 0 Å². The molecule has 0 aromatic heterocycles. The van der Waals surface area contributed by atoms with Gasteiger partial charge in [-0.2, -0.15) is 0 Å². The van der Waals surface area contributed by atoms with Crippen LogP contribution in [0.2, 0.25) is 0 Å². The second-order valence-electron chi connectivity index (χ2n) is 7.75. The lowest BCUT2D eigenvalue weighted by Gasteiger charge is -2.27. The standard InChI is InChI=1S/C25H28O3/c1-13-11-20(15(3)17(5)24(13)27)23(19-9-7-8-10-22(19)26)21-12-14(2)25(28)18(6)16(21)4/h7-12,23,26-28H,1-6H3. The predicted octanol–water partition coefficient (Wildman–Crippen LogP) is 5.83. The Bertz CT molecular complexity index is 1000. The van der Waals surface area contributed by atoms with Crippen molar-refractivity contribution in [2.24, 2.45) is 0 Å². The van der Waals surface area contributed by atoms with Crippen LogP contribution in [0.5, 0.6) is 17.2 Å².